The van der Waals surface area contributed by atoms with Gasteiger partial charge in [-0.2, -0.15) is 0 Å². The molecular formula is C15H28N2O. The Morgan fingerprint density at radius 2 is 1.94 bits per heavy atom. The maximum absolute atomic E-state index is 12.3. The molecule has 0 unspecified atom stereocenters. The molecule has 0 amide bonds. The van der Waals surface area contributed by atoms with E-state index in [1.165, 1.54) is 0 Å². The van der Waals surface area contributed by atoms with Crippen LogP contribution in [0.1, 0.15) is 46.0 Å². The molecule has 0 aromatic heterocycles. The van der Waals surface area contributed by atoms with Gasteiger partial charge in [-0.3, -0.25) is 9.69 Å². The molecule has 3 nitrogen and oxygen atoms in total. The number of hydrogen-bond acceptors (Lipinski definition) is 3. The van der Waals surface area contributed by atoms with Crippen LogP contribution in [0.3, 0.4) is 0 Å². The molecule has 0 saturated carbocycles. The van der Waals surface area contributed by atoms with Crippen molar-refractivity contribution in [1.82, 2.24) is 10.2 Å². The first-order chi connectivity index (χ1) is 8.59. The standard InChI is InChI=1S/C15H28N2O/c1-4-5-6-7-8-9-14(18)15(2,3)17-12-10-16-11-13-17/h4,16H,1,5-13H2,2-3H3. The molecule has 0 atom stereocenters. The lowest BCUT2D eigenvalue weighted by atomic mass is 9.92. The van der Waals surface area contributed by atoms with Gasteiger partial charge in [-0.15, -0.1) is 6.58 Å². The Balaban J connectivity index is 2.31. The predicted molar refractivity (Wildman–Crippen MR) is 76.8 cm³/mol. The summed E-state index contributed by atoms with van der Waals surface area (Å²) in [6.07, 6.45) is 7.04. The fraction of sp³-hybridized carbons (Fsp3) is 0.800. The number of carbonyl (C=O) groups excluding carboxylic acids is 1. The highest BCUT2D eigenvalue weighted by Crippen LogP contribution is 2.19. The van der Waals surface area contributed by atoms with Crippen LogP contribution in [0.4, 0.5) is 0 Å². The molecule has 1 N–H and O–H groups in total. The minimum atomic E-state index is -0.291. The van der Waals surface area contributed by atoms with Crippen LogP contribution in [0, 0.1) is 0 Å². The second kappa shape index (κ2) is 7.70. The number of Topliss-reactive ketones (excluding diaryl/α,β-unsaturated/α-hetero) is 1. The van der Waals surface area contributed by atoms with Crippen molar-refractivity contribution in [2.75, 3.05) is 26.2 Å². The molecule has 0 aromatic carbocycles. The Kier molecular flexibility index (Phi) is 6.58. The molecule has 1 rings (SSSR count). The predicted octanol–water partition coefficient (Wildman–Crippen LogP) is 2.38. The Bertz CT molecular complexity index is 268. The lowest BCUT2D eigenvalue weighted by Gasteiger charge is -2.40. The highest BCUT2D eigenvalue weighted by atomic mass is 16.1. The third-order valence-electron chi connectivity index (χ3n) is 3.90. The molecule has 1 fully saturated rings. The fourth-order valence-corrected chi connectivity index (χ4v) is 2.46. The number of allylic oxidation sites excluding steroid dienone is 1. The van der Waals surface area contributed by atoms with Gasteiger partial charge in [0.05, 0.1) is 5.54 Å². The third-order valence-corrected chi connectivity index (χ3v) is 3.90. The van der Waals surface area contributed by atoms with Crippen LogP contribution < -0.4 is 5.32 Å². The van der Waals surface area contributed by atoms with Crippen molar-refractivity contribution < 1.29 is 4.79 Å². The zero-order valence-corrected chi connectivity index (χ0v) is 12.0. The van der Waals surface area contributed by atoms with E-state index in [-0.39, 0.29) is 5.54 Å². The van der Waals surface area contributed by atoms with E-state index in [1.807, 2.05) is 6.08 Å². The van der Waals surface area contributed by atoms with Crippen LogP contribution in [-0.2, 0) is 4.79 Å². The van der Waals surface area contributed by atoms with E-state index >= 15 is 0 Å². The average Bonchev–Trinajstić information content (AvgIpc) is 2.39. The SMILES string of the molecule is C=CCCCCCC(=O)C(C)(C)N1CCNCC1. The summed E-state index contributed by atoms with van der Waals surface area (Å²) >= 11 is 0. The Hall–Kier alpha value is -0.670. The van der Waals surface area contributed by atoms with Crippen molar-refractivity contribution in [1.29, 1.82) is 0 Å². The number of rotatable bonds is 8. The van der Waals surface area contributed by atoms with Crippen molar-refractivity contribution >= 4 is 5.78 Å². The number of carbonyl (C=O) groups is 1. The molecule has 0 aliphatic carbocycles. The van der Waals surface area contributed by atoms with Crippen LogP contribution in [0.15, 0.2) is 12.7 Å². The van der Waals surface area contributed by atoms with Crippen molar-refractivity contribution in [3.05, 3.63) is 12.7 Å². The second-order valence-electron chi connectivity index (χ2n) is 5.61. The monoisotopic (exact) mass is 252 g/mol. The summed E-state index contributed by atoms with van der Waals surface area (Å²) < 4.78 is 0. The maximum atomic E-state index is 12.3. The van der Waals surface area contributed by atoms with Gasteiger partial charge in [0, 0.05) is 32.6 Å². The van der Waals surface area contributed by atoms with Gasteiger partial charge in [-0.05, 0) is 33.1 Å². The largest absolute Gasteiger partial charge is 0.314 e. The third kappa shape index (κ3) is 4.54. The lowest BCUT2D eigenvalue weighted by molar-refractivity contribution is -0.130. The smallest absolute Gasteiger partial charge is 0.152 e. The average molecular weight is 252 g/mol. The summed E-state index contributed by atoms with van der Waals surface area (Å²) in [7, 11) is 0. The summed E-state index contributed by atoms with van der Waals surface area (Å²) in [5, 5.41) is 3.33. The van der Waals surface area contributed by atoms with Crippen molar-refractivity contribution in [3.8, 4) is 0 Å². The van der Waals surface area contributed by atoms with Crippen LogP contribution >= 0.6 is 0 Å². The van der Waals surface area contributed by atoms with Crippen molar-refractivity contribution in [2.24, 2.45) is 0 Å². The zero-order chi connectivity index (χ0) is 13.4. The van der Waals surface area contributed by atoms with E-state index in [1.54, 1.807) is 0 Å². The van der Waals surface area contributed by atoms with Crippen LogP contribution in [0.5, 0.6) is 0 Å². The summed E-state index contributed by atoms with van der Waals surface area (Å²) in [4.78, 5) is 14.6. The van der Waals surface area contributed by atoms with Crippen LogP contribution in [0.2, 0.25) is 0 Å². The fourth-order valence-electron chi connectivity index (χ4n) is 2.46. The van der Waals surface area contributed by atoms with Gasteiger partial charge in [0.1, 0.15) is 0 Å². The molecule has 1 aliphatic rings. The number of piperazine rings is 1. The first kappa shape index (κ1) is 15.4. The van der Waals surface area contributed by atoms with Gasteiger partial charge in [0.15, 0.2) is 5.78 Å². The molecule has 1 heterocycles. The molecule has 18 heavy (non-hydrogen) atoms. The van der Waals surface area contributed by atoms with Gasteiger partial charge >= 0.3 is 0 Å². The van der Waals surface area contributed by atoms with E-state index in [0.29, 0.717) is 12.2 Å². The lowest BCUT2D eigenvalue weighted by Crippen LogP contribution is -2.57. The first-order valence-electron chi connectivity index (χ1n) is 7.19. The first-order valence-corrected chi connectivity index (χ1v) is 7.19. The van der Waals surface area contributed by atoms with Crippen molar-refractivity contribution in [3.63, 3.8) is 0 Å². The topological polar surface area (TPSA) is 32.3 Å². The van der Waals surface area contributed by atoms with Crippen LogP contribution in [-0.4, -0.2) is 42.4 Å². The van der Waals surface area contributed by atoms with E-state index in [2.05, 4.69) is 30.6 Å². The Labute approximate surface area is 112 Å². The molecular weight excluding hydrogens is 224 g/mol. The number of nitrogens with zero attached hydrogens (tertiary/aromatic N) is 1. The maximum Gasteiger partial charge on any atom is 0.152 e. The Morgan fingerprint density at radius 1 is 1.28 bits per heavy atom. The zero-order valence-electron chi connectivity index (χ0n) is 12.0. The molecule has 0 spiro atoms. The Morgan fingerprint density at radius 3 is 2.56 bits per heavy atom. The molecule has 0 aromatic rings. The molecule has 104 valence electrons. The number of hydrogen-bond donors (Lipinski definition) is 1. The van der Waals surface area contributed by atoms with Gasteiger partial charge in [0.25, 0.3) is 0 Å². The molecule has 0 radical (unpaired) electrons. The summed E-state index contributed by atoms with van der Waals surface area (Å²) in [6, 6.07) is 0. The van der Waals surface area contributed by atoms with E-state index < -0.39 is 0 Å². The number of nitrogens with one attached hydrogen (secondary N) is 1. The highest BCUT2D eigenvalue weighted by molar-refractivity contribution is 5.87. The summed E-state index contributed by atoms with van der Waals surface area (Å²) in [5.74, 6) is 0.392. The normalized spacial score (nSPS) is 17.7. The van der Waals surface area contributed by atoms with Gasteiger partial charge < -0.3 is 5.32 Å². The highest BCUT2D eigenvalue weighted by Gasteiger charge is 2.33. The molecule has 0 bridgehead atoms. The summed E-state index contributed by atoms with van der Waals surface area (Å²) in [6.45, 7) is 11.8. The van der Waals surface area contributed by atoms with E-state index in [9.17, 15) is 4.79 Å². The number of unbranched alkanes of at least 4 members (excludes halogenated alkanes) is 3. The van der Waals surface area contributed by atoms with E-state index in [0.717, 1.165) is 51.9 Å². The number of ketones is 1. The minimum absolute atomic E-state index is 0.291. The van der Waals surface area contributed by atoms with Crippen LogP contribution in [0.25, 0.3) is 0 Å². The van der Waals surface area contributed by atoms with Gasteiger partial charge in [-0.25, -0.2) is 0 Å². The molecule has 1 saturated heterocycles. The second-order valence-corrected chi connectivity index (χ2v) is 5.61. The van der Waals surface area contributed by atoms with E-state index in [4.69, 9.17) is 0 Å². The molecule has 3 heteroatoms. The van der Waals surface area contributed by atoms with Gasteiger partial charge in [0.2, 0.25) is 0 Å². The minimum Gasteiger partial charge on any atom is -0.314 e. The molecule has 1 aliphatic heterocycles. The van der Waals surface area contributed by atoms with Crippen molar-refractivity contribution in [2.45, 2.75) is 51.5 Å². The quantitative estimate of drug-likeness (QED) is 0.532. The summed E-state index contributed by atoms with van der Waals surface area (Å²) in [5.41, 5.74) is -0.291. The van der Waals surface area contributed by atoms with Gasteiger partial charge in [-0.1, -0.05) is 12.5 Å².